The normalized spacial score (nSPS) is 31.0. The maximum Gasteiger partial charge on any atom is -0.0244 e. The molecule has 5 atom stereocenters. The summed E-state index contributed by atoms with van der Waals surface area (Å²) in [5.41, 5.74) is 4.84. The van der Waals surface area contributed by atoms with Crippen LogP contribution in [0.3, 0.4) is 0 Å². The van der Waals surface area contributed by atoms with E-state index in [0.29, 0.717) is 0 Å². The van der Waals surface area contributed by atoms with Crippen LogP contribution >= 0.6 is 0 Å². The van der Waals surface area contributed by atoms with Crippen molar-refractivity contribution in [1.82, 2.24) is 0 Å². The minimum Gasteiger partial charge on any atom is -0.103 e. The summed E-state index contributed by atoms with van der Waals surface area (Å²) in [6.45, 7) is 6.21. The van der Waals surface area contributed by atoms with Gasteiger partial charge in [-0.25, -0.2) is 0 Å². The van der Waals surface area contributed by atoms with Crippen LogP contribution in [0.2, 0.25) is 0 Å². The molecule has 0 nitrogen and oxygen atoms in total. The third-order valence-electron chi connectivity index (χ3n) is 9.07. The lowest BCUT2D eigenvalue weighted by Crippen LogP contribution is -2.35. The smallest absolute Gasteiger partial charge is 0.0244 e. The largest absolute Gasteiger partial charge is 0.103 e. The summed E-state index contributed by atoms with van der Waals surface area (Å²) in [6.07, 6.45) is 25.1. The van der Waals surface area contributed by atoms with Crippen molar-refractivity contribution in [1.29, 1.82) is 0 Å². The first kappa shape index (κ1) is 22.2. The van der Waals surface area contributed by atoms with E-state index in [1.807, 2.05) is 6.08 Å². The van der Waals surface area contributed by atoms with E-state index in [-0.39, 0.29) is 0 Å². The average molecular weight is 407 g/mol. The van der Waals surface area contributed by atoms with Crippen LogP contribution in [0.15, 0.2) is 30.9 Å². The number of fused-ring (bicyclic) bond motifs is 2. The Labute approximate surface area is 186 Å². The number of aryl methyl sites for hydroxylation is 2. The number of unbranched alkanes of at least 4 members (excludes halogenated alkanes) is 3. The molecule has 30 heavy (non-hydrogen) atoms. The van der Waals surface area contributed by atoms with Gasteiger partial charge in [-0.15, -0.1) is 6.58 Å². The molecular weight excluding hydrogens is 360 g/mol. The minimum atomic E-state index is 0.962. The van der Waals surface area contributed by atoms with Crippen LogP contribution in [-0.4, -0.2) is 0 Å². The van der Waals surface area contributed by atoms with Crippen molar-refractivity contribution in [2.24, 2.45) is 29.6 Å². The van der Waals surface area contributed by atoms with Crippen molar-refractivity contribution in [3.05, 3.63) is 47.5 Å². The van der Waals surface area contributed by atoms with Crippen LogP contribution in [0.5, 0.6) is 0 Å². The fourth-order valence-corrected chi connectivity index (χ4v) is 7.24. The summed E-state index contributed by atoms with van der Waals surface area (Å²) >= 11 is 0. The van der Waals surface area contributed by atoms with E-state index in [9.17, 15) is 0 Å². The van der Waals surface area contributed by atoms with Crippen LogP contribution < -0.4 is 0 Å². The SMILES string of the molecule is C=CCCc1ccc2c(c1)CCC(C1CCC3CC(CCCCCC)CCC3C1)C2. The number of hydrogen-bond donors (Lipinski definition) is 0. The molecule has 0 saturated heterocycles. The van der Waals surface area contributed by atoms with Gasteiger partial charge in [0.2, 0.25) is 0 Å². The summed E-state index contributed by atoms with van der Waals surface area (Å²) in [4.78, 5) is 0. The summed E-state index contributed by atoms with van der Waals surface area (Å²) in [6, 6.07) is 7.37. The Morgan fingerprint density at radius 1 is 0.867 bits per heavy atom. The second kappa shape index (κ2) is 11.0. The van der Waals surface area contributed by atoms with E-state index in [2.05, 4.69) is 31.7 Å². The van der Waals surface area contributed by atoms with Crippen molar-refractivity contribution in [3.63, 3.8) is 0 Å². The van der Waals surface area contributed by atoms with Gasteiger partial charge < -0.3 is 0 Å². The third kappa shape index (κ3) is 5.60. The van der Waals surface area contributed by atoms with Crippen molar-refractivity contribution in [2.45, 2.75) is 110 Å². The maximum absolute atomic E-state index is 3.88. The highest BCUT2D eigenvalue weighted by atomic mass is 14.4. The van der Waals surface area contributed by atoms with E-state index in [1.165, 1.54) is 63.4 Å². The molecule has 3 aliphatic rings. The fraction of sp³-hybridized carbons (Fsp3) is 0.733. The second-order valence-corrected chi connectivity index (χ2v) is 11.1. The number of hydrogen-bond acceptors (Lipinski definition) is 0. The minimum absolute atomic E-state index is 0.962. The molecule has 3 aliphatic carbocycles. The molecular formula is C30H46. The summed E-state index contributed by atoms with van der Waals surface area (Å²) < 4.78 is 0. The van der Waals surface area contributed by atoms with E-state index >= 15 is 0 Å². The Morgan fingerprint density at radius 3 is 2.50 bits per heavy atom. The van der Waals surface area contributed by atoms with E-state index in [0.717, 1.165) is 42.4 Å². The summed E-state index contributed by atoms with van der Waals surface area (Å²) in [7, 11) is 0. The first-order valence-corrected chi connectivity index (χ1v) is 13.5. The number of allylic oxidation sites excluding steroid dienone is 1. The molecule has 0 aromatic heterocycles. The van der Waals surface area contributed by atoms with Gasteiger partial charge >= 0.3 is 0 Å². The first-order chi connectivity index (χ1) is 14.8. The van der Waals surface area contributed by atoms with Gasteiger partial charge in [0.05, 0.1) is 0 Å². The molecule has 0 heterocycles. The van der Waals surface area contributed by atoms with Gasteiger partial charge in [0.1, 0.15) is 0 Å². The molecule has 166 valence electrons. The molecule has 1 aromatic rings. The van der Waals surface area contributed by atoms with Crippen molar-refractivity contribution < 1.29 is 0 Å². The zero-order valence-electron chi connectivity index (χ0n) is 19.7. The fourth-order valence-electron chi connectivity index (χ4n) is 7.24. The molecule has 2 saturated carbocycles. The Kier molecular flexibility index (Phi) is 8.14. The monoisotopic (exact) mass is 406 g/mol. The summed E-state index contributed by atoms with van der Waals surface area (Å²) in [5.74, 6) is 5.19. The molecule has 0 spiro atoms. The lowest BCUT2D eigenvalue weighted by atomic mass is 9.61. The molecule has 1 aromatic carbocycles. The van der Waals surface area contributed by atoms with E-state index < -0.39 is 0 Å². The summed E-state index contributed by atoms with van der Waals surface area (Å²) in [5, 5.41) is 0. The van der Waals surface area contributed by atoms with Crippen LogP contribution in [-0.2, 0) is 19.3 Å². The molecule has 4 rings (SSSR count). The zero-order chi connectivity index (χ0) is 20.8. The lowest BCUT2D eigenvalue weighted by molar-refractivity contribution is 0.0690. The topological polar surface area (TPSA) is 0 Å². The Bertz CT molecular complexity index is 671. The molecule has 0 heteroatoms. The van der Waals surface area contributed by atoms with Gasteiger partial charge in [-0.2, -0.15) is 0 Å². The van der Waals surface area contributed by atoms with Gasteiger partial charge in [-0.3, -0.25) is 0 Å². The van der Waals surface area contributed by atoms with Crippen LogP contribution in [0.25, 0.3) is 0 Å². The Morgan fingerprint density at radius 2 is 1.67 bits per heavy atom. The highest BCUT2D eigenvalue weighted by Gasteiger charge is 2.38. The second-order valence-electron chi connectivity index (χ2n) is 11.1. The highest BCUT2D eigenvalue weighted by molar-refractivity contribution is 5.34. The van der Waals surface area contributed by atoms with Crippen LogP contribution in [0.4, 0.5) is 0 Å². The Hall–Kier alpha value is -1.04. The predicted molar refractivity (Wildman–Crippen MR) is 131 cm³/mol. The van der Waals surface area contributed by atoms with Crippen molar-refractivity contribution in [3.8, 4) is 0 Å². The number of rotatable bonds is 9. The standard InChI is InChI=1S/C30H46/c1-3-5-7-8-10-24-12-14-28-22-30(18-16-26(28)20-24)29-17-15-25-19-23(9-6-4-2)11-13-27(25)21-29/h4,11,13,19,24,26,28-30H,2-3,5-10,12,14-18,20-22H2,1H3. The van der Waals surface area contributed by atoms with Gasteiger partial charge in [-0.1, -0.05) is 69.7 Å². The van der Waals surface area contributed by atoms with E-state index in [4.69, 9.17) is 0 Å². The van der Waals surface area contributed by atoms with E-state index in [1.54, 1.807) is 43.2 Å². The van der Waals surface area contributed by atoms with Crippen molar-refractivity contribution >= 4 is 0 Å². The molecule has 0 N–H and O–H groups in total. The Balaban J connectivity index is 1.26. The van der Waals surface area contributed by atoms with Crippen molar-refractivity contribution in [2.75, 3.05) is 0 Å². The van der Waals surface area contributed by atoms with Gasteiger partial charge in [-0.05, 0) is 110 Å². The van der Waals surface area contributed by atoms with Crippen LogP contribution in [0.1, 0.15) is 107 Å². The molecule has 0 amide bonds. The van der Waals surface area contributed by atoms with Gasteiger partial charge in [0, 0.05) is 0 Å². The van der Waals surface area contributed by atoms with Gasteiger partial charge in [0.25, 0.3) is 0 Å². The third-order valence-corrected chi connectivity index (χ3v) is 9.07. The molecule has 0 aliphatic heterocycles. The van der Waals surface area contributed by atoms with Crippen LogP contribution in [0, 0.1) is 29.6 Å². The average Bonchev–Trinajstić information content (AvgIpc) is 2.79. The molecule has 2 fully saturated rings. The maximum atomic E-state index is 3.88. The molecule has 0 radical (unpaired) electrons. The zero-order valence-corrected chi connectivity index (χ0v) is 19.7. The molecule has 5 unspecified atom stereocenters. The highest BCUT2D eigenvalue weighted by Crippen LogP contribution is 2.49. The quantitative estimate of drug-likeness (QED) is 0.284. The first-order valence-electron chi connectivity index (χ1n) is 13.5. The number of benzene rings is 1. The molecule has 0 bridgehead atoms. The lowest BCUT2D eigenvalue weighted by Gasteiger charge is -2.45. The predicted octanol–water partition coefficient (Wildman–Crippen LogP) is 8.71. The van der Waals surface area contributed by atoms with Gasteiger partial charge in [0.15, 0.2) is 0 Å².